The molecule has 0 fully saturated rings. The van der Waals surface area contributed by atoms with Gasteiger partial charge in [-0.2, -0.15) is 0 Å². The van der Waals surface area contributed by atoms with Gasteiger partial charge in [-0.1, -0.05) is 23.7 Å². The zero-order valence-corrected chi connectivity index (χ0v) is 11.3. The lowest BCUT2D eigenvalue weighted by Crippen LogP contribution is -2.19. The van der Waals surface area contributed by atoms with Gasteiger partial charge in [0.15, 0.2) is 0 Å². The maximum Gasteiger partial charge on any atom is 0.133 e. The second-order valence-electron chi connectivity index (χ2n) is 4.48. The van der Waals surface area contributed by atoms with Gasteiger partial charge in [-0.25, -0.2) is 9.37 Å². The van der Waals surface area contributed by atoms with Crippen LogP contribution in [-0.2, 0) is 6.42 Å². The molecule has 1 unspecified atom stereocenters. The number of hydrogen-bond acceptors (Lipinski definition) is 3. The molecule has 0 amide bonds. The zero-order valence-electron chi connectivity index (χ0n) is 10.5. The van der Waals surface area contributed by atoms with Crippen LogP contribution in [0.2, 0.25) is 5.15 Å². The van der Waals surface area contributed by atoms with Crippen LogP contribution in [0.15, 0.2) is 36.4 Å². The Morgan fingerprint density at radius 3 is 2.63 bits per heavy atom. The van der Waals surface area contributed by atoms with Crippen LogP contribution in [0.25, 0.3) is 0 Å². The van der Waals surface area contributed by atoms with Gasteiger partial charge in [-0.3, -0.25) is 0 Å². The van der Waals surface area contributed by atoms with Crippen molar-refractivity contribution >= 4 is 23.1 Å². The van der Waals surface area contributed by atoms with Crippen molar-refractivity contribution in [2.24, 2.45) is 0 Å². The van der Waals surface area contributed by atoms with Gasteiger partial charge in [0.25, 0.3) is 0 Å². The smallest absolute Gasteiger partial charge is 0.133 e. The lowest BCUT2D eigenvalue weighted by atomic mass is 10.1. The Kier molecular flexibility index (Phi) is 4.22. The van der Waals surface area contributed by atoms with E-state index >= 15 is 0 Å². The van der Waals surface area contributed by atoms with E-state index in [9.17, 15) is 4.39 Å². The number of aromatic nitrogens is 1. The summed E-state index contributed by atoms with van der Waals surface area (Å²) in [5, 5.41) is 3.58. The molecule has 0 aliphatic carbocycles. The summed E-state index contributed by atoms with van der Waals surface area (Å²) in [6, 6.07) is 9.91. The number of nitrogens with one attached hydrogen (secondary N) is 1. The normalized spacial score (nSPS) is 12.2. The Balaban J connectivity index is 2.00. The number of nitrogens with zero attached hydrogens (tertiary/aromatic N) is 1. The van der Waals surface area contributed by atoms with Crippen LogP contribution in [0.5, 0.6) is 0 Å². The van der Waals surface area contributed by atoms with Crippen molar-refractivity contribution in [2.45, 2.75) is 19.4 Å². The minimum atomic E-state index is -0.228. The number of pyridine rings is 1. The molecule has 0 spiro atoms. The number of nitrogen functional groups attached to an aromatic ring is 1. The van der Waals surface area contributed by atoms with Crippen molar-refractivity contribution in [3.05, 3.63) is 52.9 Å². The van der Waals surface area contributed by atoms with Crippen LogP contribution in [0.1, 0.15) is 12.5 Å². The second kappa shape index (κ2) is 5.89. The molecule has 1 aromatic heterocycles. The van der Waals surface area contributed by atoms with Gasteiger partial charge >= 0.3 is 0 Å². The van der Waals surface area contributed by atoms with Crippen LogP contribution in [-0.4, -0.2) is 11.0 Å². The summed E-state index contributed by atoms with van der Waals surface area (Å²) in [5.74, 6) is 0.410. The van der Waals surface area contributed by atoms with E-state index in [1.807, 2.05) is 6.92 Å². The summed E-state index contributed by atoms with van der Waals surface area (Å²) in [5.41, 5.74) is 7.32. The first kappa shape index (κ1) is 13.6. The highest BCUT2D eigenvalue weighted by Gasteiger charge is 2.06. The Bertz CT molecular complexity index is 537. The molecule has 2 aromatic rings. The number of anilines is 2. The van der Waals surface area contributed by atoms with Crippen molar-refractivity contribution in [1.29, 1.82) is 0 Å². The molecule has 1 aromatic carbocycles. The summed E-state index contributed by atoms with van der Waals surface area (Å²) in [6.45, 7) is 2.02. The molecule has 0 radical (unpaired) electrons. The predicted molar refractivity (Wildman–Crippen MR) is 76.8 cm³/mol. The molecular weight excluding hydrogens is 265 g/mol. The summed E-state index contributed by atoms with van der Waals surface area (Å²) in [4.78, 5) is 4.14. The summed E-state index contributed by atoms with van der Waals surface area (Å²) < 4.78 is 12.8. The molecule has 0 saturated heterocycles. The lowest BCUT2D eigenvalue weighted by Gasteiger charge is -2.15. The molecule has 0 aliphatic rings. The number of rotatable bonds is 4. The Labute approximate surface area is 116 Å². The van der Waals surface area contributed by atoms with Gasteiger partial charge < -0.3 is 11.1 Å². The van der Waals surface area contributed by atoms with Crippen LogP contribution >= 0.6 is 11.6 Å². The van der Waals surface area contributed by atoms with E-state index in [2.05, 4.69) is 10.3 Å². The first-order valence-electron chi connectivity index (χ1n) is 5.97. The molecule has 0 bridgehead atoms. The maximum atomic E-state index is 12.8. The minimum Gasteiger partial charge on any atom is -0.399 e. The van der Waals surface area contributed by atoms with E-state index < -0.39 is 0 Å². The van der Waals surface area contributed by atoms with Crippen molar-refractivity contribution in [2.75, 3.05) is 11.1 Å². The van der Waals surface area contributed by atoms with Crippen molar-refractivity contribution < 1.29 is 4.39 Å². The first-order chi connectivity index (χ1) is 9.02. The summed E-state index contributed by atoms with van der Waals surface area (Å²) in [7, 11) is 0. The van der Waals surface area contributed by atoms with Gasteiger partial charge in [-0.05, 0) is 37.1 Å². The third kappa shape index (κ3) is 4.10. The molecule has 1 heterocycles. The maximum absolute atomic E-state index is 12.8. The molecule has 0 saturated carbocycles. The average Bonchev–Trinajstić information content (AvgIpc) is 2.30. The zero-order chi connectivity index (χ0) is 13.8. The highest BCUT2D eigenvalue weighted by molar-refractivity contribution is 6.29. The third-order valence-electron chi connectivity index (χ3n) is 2.67. The van der Waals surface area contributed by atoms with Crippen LogP contribution in [0.3, 0.4) is 0 Å². The van der Waals surface area contributed by atoms with Gasteiger partial charge in [0, 0.05) is 17.8 Å². The molecule has 100 valence electrons. The van der Waals surface area contributed by atoms with E-state index in [0.717, 1.165) is 12.0 Å². The van der Waals surface area contributed by atoms with E-state index in [0.29, 0.717) is 16.7 Å². The van der Waals surface area contributed by atoms with Gasteiger partial charge in [0.05, 0.1) is 0 Å². The SMILES string of the molecule is CC(Cc1ccc(F)cc1)Nc1cc(N)cc(Cl)n1. The highest BCUT2D eigenvalue weighted by Crippen LogP contribution is 2.17. The molecule has 5 heteroatoms. The number of hydrogen-bond donors (Lipinski definition) is 2. The lowest BCUT2D eigenvalue weighted by molar-refractivity contribution is 0.626. The largest absolute Gasteiger partial charge is 0.399 e. The fraction of sp³-hybridized carbons (Fsp3) is 0.214. The molecular formula is C14H15ClFN3. The fourth-order valence-electron chi connectivity index (χ4n) is 1.87. The fourth-order valence-corrected chi connectivity index (χ4v) is 2.09. The van der Waals surface area contributed by atoms with E-state index in [1.165, 1.54) is 12.1 Å². The minimum absolute atomic E-state index is 0.135. The monoisotopic (exact) mass is 279 g/mol. The molecule has 3 nitrogen and oxygen atoms in total. The summed E-state index contributed by atoms with van der Waals surface area (Å²) >= 11 is 5.84. The number of benzene rings is 1. The van der Waals surface area contributed by atoms with Crippen LogP contribution < -0.4 is 11.1 Å². The quantitative estimate of drug-likeness (QED) is 0.842. The molecule has 1 atom stereocenters. The topological polar surface area (TPSA) is 50.9 Å². The van der Waals surface area contributed by atoms with E-state index in [1.54, 1.807) is 24.3 Å². The van der Waals surface area contributed by atoms with Crippen molar-refractivity contribution in [1.82, 2.24) is 4.98 Å². The van der Waals surface area contributed by atoms with Crippen molar-refractivity contribution in [3.63, 3.8) is 0 Å². The number of halogens is 2. The van der Waals surface area contributed by atoms with Crippen LogP contribution in [0, 0.1) is 5.82 Å². The van der Waals surface area contributed by atoms with E-state index in [-0.39, 0.29) is 11.9 Å². The Morgan fingerprint density at radius 2 is 2.00 bits per heavy atom. The Hall–Kier alpha value is -1.81. The van der Waals surface area contributed by atoms with Gasteiger partial charge in [0.1, 0.15) is 16.8 Å². The molecule has 2 rings (SSSR count). The average molecular weight is 280 g/mol. The third-order valence-corrected chi connectivity index (χ3v) is 2.86. The first-order valence-corrected chi connectivity index (χ1v) is 6.35. The van der Waals surface area contributed by atoms with Gasteiger partial charge in [-0.15, -0.1) is 0 Å². The van der Waals surface area contributed by atoms with E-state index in [4.69, 9.17) is 17.3 Å². The standard InChI is InChI=1S/C14H15ClFN3/c1-9(6-10-2-4-11(16)5-3-10)18-14-8-12(17)7-13(15)19-14/h2-5,7-9H,6H2,1H3,(H3,17,18,19). The second-order valence-corrected chi connectivity index (χ2v) is 4.87. The Morgan fingerprint density at radius 1 is 1.32 bits per heavy atom. The molecule has 0 aliphatic heterocycles. The van der Waals surface area contributed by atoms with Crippen molar-refractivity contribution in [3.8, 4) is 0 Å². The molecule has 3 N–H and O–H groups in total. The van der Waals surface area contributed by atoms with Gasteiger partial charge in [0.2, 0.25) is 0 Å². The van der Waals surface area contributed by atoms with Crippen LogP contribution in [0.4, 0.5) is 15.9 Å². The summed E-state index contributed by atoms with van der Waals surface area (Å²) in [6.07, 6.45) is 0.758. The predicted octanol–water partition coefficient (Wildman–Crippen LogP) is 3.50. The number of nitrogens with two attached hydrogens (primary N) is 1. The highest BCUT2D eigenvalue weighted by atomic mass is 35.5. The molecule has 19 heavy (non-hydrogen) atoms.